The molecule has 0 amide bonds. The first-order chi connectivity index (χ1) is 17.2. The number of rotatable bonds is 3. The van der Waals surface area contributed by atoms with Crippen molar-refractivity contribution in [3.8, 4) is 17.1 Å². The van der Waals surface area contributed by atoms with Gasteiger partial charge in [-0.1, -0.05) is 18.3 Å². The quantitative estimate of drug-likeness (QED) is 0.410. The van der Waals surface area contributed by atoms with Gasteiger partial charge in [0, 0.05) is 48.0 Å². The van der Waals surface area contributed by atoms with E-state index in [1.165, 1.54) is 12.1 Å². The van der Waals surface area contributed by atoms with Gasteiger partial charge in [0.2, 0.25) is 5.88 Å². The van der Waals surface area contributed by atoms with E-state index < -0.39 is 0 Å². The molecule has 9 heteroatoms. The largest absolute Gasteiger partial charge is 0.477 e. The Labute approximate surface area is 206 Å². The van der Waals surface area contributed by atoms with E-state index in [2.05, 4.69) is 21.7 Å². The number of hydrogen-bond acceptors (Lipinski definition) is 6. The lowest BCUT2D eigenvalue weighted by molar-refractivity contribution is 0.00922. The van der Waals surface area contributed by atoms with Crippen molar-refractivity contribution >= 4 is 34.4 Å². The first-order valence-electron chi connectivity index (χ1n) is 11.7. The molecule has 1 fully saturated rings. The van der Waals surface area contributed by atoms with Crippen LogP contribution in [-0.2, 0) is 11.3 Å². The lowest BCUT2D eigenvalue weighted by Gasteiger charge is -2.36. The van der Waals surface area contributed by atoms with E-state index in [1.807, 2.05) is 22.6 Å². The highest BCUT2D eigenvalue weighted by Gasteiger charge is 2.34. The maximum atomic E-state index is 13.7. The molecule has 2 atom stereocenters. The number of nitrogens with one attached hydrogen (secondary N) is 2. The number of benzene rings is 1. The van der Waals surface area contributed by atoms with Crippen LogP contribution in [0.4, 0.5) is 15.9 Å². The van der Waals surface area contributed by atoms with Gasteiger partial charge in [0.25, 0.3) is 0 Å². The van der Waals surface area contributed by atoms with Crippen molar-refractivity contribution < 1.29 is 13.9 Å². The van der Waals surface area contributed by atoms with Gasteiger partial charge >= 0.3 is 0 Å². The van der Waals surface area contributed by atoms with Crippen molar-refractivity contribution in [2.75, 3.05) is 25.1 Å². The summed E-state index contributed by atoms with van der Waals surface area (Å²) in [6.07, 6.45) is 4.47. The van der Waals surface area contributed by atoms with Crippen LogP contribution >= 0.6 is 12.2 Å². The summed E-state index contributed by atoms with van der Waals surface area (Å²) in [5, 5.41) is 6.76. The van der Waals surface area contributed by atoms with Crippen molar-refractivity contribution in [2.45, 2.75) is 18.9 Å². The fourth-order valence-corrected chi connectivity index (χ4v) is 5.77. The SMILES string of the molecule is Fc1ccn2c(-c3ccc(Nc4ccc5c(n4)OC[C@H]4COCC[C@@H]54)c4c3CNC4=S)cnc2c1. The summed E-state index contributed by atoms with van der Waals surface area (Å²) in [6.45, 7) is 2.77. The molecule has 0 unspecified atom stereocenters. The molecule has 4 aromatic rings. The lowest BCUT2D eigenvalue weighted by atomic mass is 9.82. The molecule has 3 aromatic heterocycles. The van der Waals surface area contributed by atoms with E-state index in [0.29, 0.717) is 47.3 Å². The Morgan fingerprint density at radius 3 is 3.06 bits per heavy atom. The third-order valence-electron chi connectivity index (χ3n) is 7.18. The van der Waals surface area contributed by atoms with Gasteiger partial charge in [-0.25, -0.2) is 9.37 Å². The van der Waals surface area contributed by atoms with E-state index in [9.17, 15) is 4.39 Å². The molecule has 3 aliphatic rings. The van der Waals surface area contributed by atoms with Gasteiger partial charge in [-0.05, 0) is 42.2 Å². The van der Waals surface area contributed by atoms with Gasteiger partial charge in [-0.2, -0.15) is 4.98 Å². The van der Waals surface area contributed by atoms with E-state index >= 15 is 0 Å². The van der Waals surface area contributed by atoms with Gasteiger partial charge in [0.05, 0.1) is 30.8 Å². The standard InChI is InChI=1S/C26H22FN5O2S/c27-15-5-7-32-21(11-28-23(32)9-15)17-1-3-20(24-19(17)10-29-26(24)35)30-22-4-2-18-16-6-8-33-12-14(16)13-34-25(18)31-22/h1-5,7,9,11,14,16H,6,8,10,12-13H2,(H,29,35)(H,30,31)/t14-,16-/m1/s1. The summed E-state index contributed by atoms with van der Waals surface area (Å²) in [7, 11) is 0. The third-order valence-corrected chi connectivity index (χ3v) is 7.53. The third kappa shape index (κ3) is 3.37. The predicted octanol–water partition coefficient (Wildman–Crippen LogP) is 4.57. The van der Waals surface area contributed by atoms with Crippen molar-refractivity contribution in [2.24, 2.45) is 5.92 Å². The molecule has 7 rings (SSSR count). The zero-order valence-corrected chi connectivity index (χ0v) is 19.6. The molecule has 0 aliphatic carbocycles. The molecule has 1 saturated heterocycles. The summed E-state index contributed by atoms with van der Waals surface area (Å²) < 4.78 is 27.2. The Morgan fingerprint density at radius 1 is 1.17 bits per heavy atom. The molecular weight excluding hydrogens is 465 g/mol. The zero-order valence-electron chi connectivity index (χ0n) is 18.8. The van der Waals surface area contributed by atoms with Crippen molar-refractivity contribution in [1.82, 2.24) is 19.7 Å². The smallest absolute Gasteiger partial charge is 0.218 e. The predicted molar refractivity (Wildman–Crippen MR) is 134 cm³/mol. The minimum atomic E-state index is -0.309. The number of anilines is 2. The maximum absolute atomic E-state index is 13.7. The molecule has 176 valence electrons. The van der Waals surface area contributed by atoms with Gasteiger partial charge in [0.15, 0.2) is 0 Å². The average molecular weight is 488 g/mol. The number of fused-ring (bicyclic) bond motifs is 5. The Balaban J connectivity index is 1.25. The van der Waals surface area contributed by atoms with Crippen LogP contribution in [0.3, 0.4) is 0 Å². The minimum Gasteiger partial charge on any atom is -0.477 e. The molecule has 0 bridgehead atoms. The van der Waals surface area contributed by atoms with Crippen molar-refractivity contribution in [3.05, 3.63) is 71.3 Å². The Bertz CT molecular complexity index is 1500. The fourth-order valence-electron chi connectivity index (χ4n) is 5.46. The number of thiocarbonyl (C=S) groups is 1. The van der Waals surface area contributed by atoms with E-state index in [1.54, 1.807) is 12.4 Å². The number of ether oxygens (including phenoxy) is 2. The minimum absolute atomic E-state index is 0.309. The van der Waals surface area contributed by atoms with E-state index in [0.717, 1.165) is 53.3 Å². The Hall–Kier alpha value is -3.56. The van der Waals surface area contributed by atoms with Gasteiger partial charge < -0.3 is 20.1 Å². The topological polar surface area (TPSA) is 72.7 Å². The summed E-state index contributed by atoms with van der Waals surface area (Å²) in [5.41, 5.74) is 6.52. The second-order valence-electron chi connectivity index (χ2n) is 9.17. The summed E-state index contributed by atoms with van der Waals surface area (Å²) in [4.78, 5) is 9.85. The van der Waals surface area contributed by atoms with E-state index in [-0.39, 0.29) is 5.82 Å². The number of imidazole rings is 1. The van der Waals surface area contributed by atoms with Gasteiger partial charge in [-0.3, -0.25) is 4.40 Å². The lowest BCUT2D eigenvalue weighted by Crippen LogP contribution is -2.34. The molecule has 35 heavy (non-hydrogen) atoms. The second-order valence-corrected chi connectivity index (χ2v) is 9.58. The summed E-state index contributed by atoms with van der Waals surface area (Å²) in [6, 6.07) is 11.0. The molecule has 2 N–H and O–H groups in total. The van der Waals surface area contributed by atoms with Crippen LogP contribution in [0.1, 0.15) is 29.0 Å². The van der Waals surface area contributed by atoms with Crippen LogP contribution in [0.15, 0.2) is 48.8 Å². The molecule has 0 radical (unpaired) electrons. The van der Waals surface area contributed by atoms with E-state index in [4.69, 9.17) is 26.7 Å². The summed E-state index contributed by atoms with van der Waals surface area (Å²) >= 11 is 5.66. The number of hydrogen-bond donors (Lipinski definition) is 2. The number of aromatic nitrogens is 3. The molecule has 6 heterocycles. The Kier molecular flexibility index (Phi) is 4.75. The maximum Gasteiger partial charge on any atom is 0.218 e. The molecule has 3 aliphatic heterocycles. The molecular formula is C26H22FN5O2S. The highest BCUT2D eigenvalue weighted by atomic mass is 32.1. The van der Waals surface area contributed by atoms with Crippen LogP contribution in [0.5, 0.6) is 5.88 Å². The fraction of sp³-hybridized carbons (Fsp3) is 0.269. The summed E-state index contributed by atoms with van der Waals surface area (Å²) in [5.74, 6) is 1.94. The highest BCUT2D eigenvalue weighted by molar-refractivity contribution is 7.80. The van der Waals surface area contributed by atoms with Gasteiger partial charge in [0.1, 0.15) is 22.3 Å². The van der Waals surface area contributed by atoms with Crippen molar-refractivity contribution in [3.63, 3.8) is 0 Å². The molecule has 0 spiro atoms. The van der Waals surface area contributed by atoms with Gasteiger partial charge in [-0.15, -0.1) is 0 Å². The second kappa shape index (κ2) is 8.00. The first-order valence-corrected chi connectivity index (χ1v) is 12.1. The normalized spacial score (nSPS) is 20.5. The Morgan fingerprint density at radius 2 is 2.11 bits per heavy atom. The molecule has 1 aromatic carbocycles. The van der Waals surface area contributed by atoms with Crippen LogP contribution in [0.2, 0.25) is 0 Å². The number of nitrogens with zero attached hydrogens (tertiary/aromatic N) is 3. The van der Waals surface area contributed by atoms with Crippen LogP contribution < -0.4 is 15.4 Å². The zero-order chi connectivity index (χ0) is 23.5. The molecule has 7 nitrogen and oxygen atoms in total. The number of halogens is 1. The molecule has 0 saturated carbocycles. The highest BCUT2D eigenvalue weighted by Crippen LogP contribution is 2.41. The number of pyridine rings is 2. The first kappa shape index (κ1) is 20.8. The van der Waals surface area contributed by atoms with Crippen molar-refractivity contribution in [1.29, 1.82) is 0 Å². The monoisotopic (exact) mass is 487 g/mol. The van der Waals surface area contributed by atoms with Crippen LogP contribution in [0.25, 0.3) is 16.9 Å². The average Bonchev–Trinajstić information content (AvgIpc) is 3.48. The van der Waals surface area contributed by atoms with Crippen LogP contribution in [-0.4, -0.2) is 39.2 Å². The van der Waals surface area contributed by atoms with Crippen LogP contribution in [0, 0.1) is 11.7 Å².